The molecule has 0 aliphatic carbocycles. The van der Waals surface area contributed by atoms with Gasteiger partial charge in [-0.3, -0.25) is 14.5 Å². The van der Waals surface area contributed by atoms with Gasteiger partial charge in [-0.15, -0.1) is 11.3 Å². The number of methoxy groups -OCH3 is 1. The average molecular weight is 471 g/mol. The van der Waals surface area contributed by atoms with Crippen molar-refractivity contribution in [2.45, 2.75) is 19.0 Å². The number of carbonyl (C=O) groups excluding carboxylic acids is 2. The van der Waals surface area contributed by atoms with Crippen molar-refractivity contribution in [3.63, 3.8) is 0 Å². The van der Waals surface area contributed by atoms with Crippen LogP contribution in [0.3, 0.4) is 0 Å². The monoisotopic (exact) mass is 470 g/mol. The second-order valence-electron chi connectivity index (χ2n) is 7.74. The first kappa shape index (κ1) is 23.3. The summed E-state index contributed by atoms with van der Waals surface area (Å²) in [5.74, 6) is 0.194. The Balaban J connectivity index is 1.73. The van der Waals surface area contributed by atoms with Crippen LogP contribution in [0.1, 0.15) is 22.0 Å². The SMILES string of the molecule is COc1cccc(N(C(=O)Cc2cccs2)[C@H](C(=O)NCc2ccccc2)c2ccccc2)c1. The summed E-state index contributed by atoms with van der Waals surface area (Å²) >= 11 is 1.52. The third kappa shape index (κ3) is 5.71. The van der Waals surface area contributed by atoms with E-state index in [0.29, 0.717) is 18.0 Å². The van der Waals surface area contributed by atoms with Crippen molar-refractivity contribution in [3.8, 4) is 5.75 Å². The maximum Gasteiger partial charge on any atom is 0.248 e. The Kier molecular flexibility index (Phi) is 7.73. The number of thiophene rings is 1. The van der Waals surface area contributed by atoms with E-state index in [4.69, 9.17) is 4.74 Å². The standard InChI is InChI=1S/C28H26N2O3S/c1-33-24-15-8-14-23(18-24)30(26(31)19-25-16-9-17-34-25)27(22-12-6-3-7-13-22)28(32)29-20-21-10-4-2-5-11-21/h2-18,27H,19-20H2,1H3,(H,29,32)/t27-/m0/s1. The first-order valence-corrected chi connectivity index (χ1v) is 11.9. The molecule has 1 atom stereocenters. The Morgan fingerprint density at radius 3 is 2.32 bits per heavy atom. The molecule has 4 aromatic rings. The van der Waals surface area contributed by atoms with Crippen LogP contribution in [0.5, 0.6) is 5.75 Å². The number of hydrogen-bond acceptors (Lipinski definition) is 4. The largest absolute Gasteiger partial charge is 0.497 e. The molecule has 3 aromatic carbocycles. The number of nitrogens with one attached hydrogen (secondary N) is 1. The average Bonchev–Trinajstić information content (AvgIpc) is 3.40. The van der Waals surface area contributed by atoms with Crippen molar-refractivity contribution in [1.82, 2.24) is 5.32 Å². The molecule has 5 nitrogen and oxygen atoms in total. The van der Waals surface area contributed by atoms with E-state index in [-0.39, 0.29) is 18.2 Å². The van der Waals surface area contributed by atoms with E-state index in [9.17, 15) is 9.59 Å². The van der Waals surface area contributed by atoms with E-state index in [1.165, 1.54) is 11.3 Å². The summed E-state index contributed by atoms with van der Waals surface area (Å²) in [5, 5.41) is 4.97. The molecule has 1 N–H and O–H groups in total. The molecule has 0 unspecified atom stereocenters. The normalized spacial score (nSPS) is 11.4. The molecule has 1 heterocycles. The van der Waals surface area contributed by atoms with Crippen molar-refractivity contribution in [1.29, 1.82) is 0 Å². The minimum atomic E-state index is -0.843. The van der Waals surface area contributed by atoms with Gasteiger partial charge in [0.25, 0.3) is 0 Å². The van der Waals surface area contributed by atoms with Crippen LogP contribution in [-0.4, -0.2) is 18.9 Å². The predicted octanol–water partition coefficient (Wildman–Crippen LogP) is 5.39. The molecule has 6 heteroatoms. The minimum Gasteiger partial charge on any atom is -0.497 e. The van der Waals surface area contributed by atoms with Gasteiger partial charge in [-0.05, 0) is 34.7 Å². The van der Waals surface area contributed by atoms with Gasteiger partial charge in [0.15, 0.2) is 0 Å². The maximum atomic E-state index is 13.7. The molecule has 0 aliphatic heterocycles. The summed E-state index contributed by atoms with van der Waals surface area (Å²) < 4.78 is 5.41. The summed E-state index contributed by atoms with van der Waals surface area (Å²) in [6.07, 6.45) is 0.199. The molecule has 0 saturated carbocycles. The van der Waals surface area contributed by atoms with Crippen molar-refractivity contribution >= 4 is 28.8 Å². The first-order valence-electron chi connectivity index (χ1n) is 11.0. The van der Waals surface area contributed by atoms with Gasteiger partial charge < -0.3 is 10.1 Å². The number of benzene rings is 3. The number of anilines is 1. The molecular formula is C28H26N2O3S. The Morgan fingerprint density at radius 2 is 1.65 bits per heavy atom. The molecular weight excluding hydrogens is 444 g/mol. The fourth-order valence-corrected chi connectivity index (χ4v) is 4.48. The van der Waals surface area contributed by atoms with Crippen LogP contribution in [0.2, 0.25) is 0 Å². The van der Waals surface area contributed by atoms with Gasteiger partial charge in [0.2, 0.25) is 11.8 Å². The van der Waals surface area contributed by atoms with Crippen LogP contribution in [-0.2, 0) is 22.6 Å². The molecule has 34 heavy (non-hydrogen) atoms. The summed E-state index contributed by atoms with van der Waals surface area (Å²) in [4.78, 5) is 29.9. The van der Waals surface area contributed by atoms with Gasteiger partial charge in [-0.2, -0.15) is 0 Å². The van der Waals surface area contributed by atoms with E-state index in [1.54, 1.807) is 18.1 Å². The van der Waals surface area contributed by atoms with Gasteiger partial charge in [0.1, 0.15) is 11.8 Å². The summed E-state index contributed by atoms with van der Waals surface area (Å²) in [6.45, 7) is 0.369. The van der Waals surface area contributed by atoms with Gasteiger partial charge in [0.05, 0.1) is 13.5 Å². The summed E-state index contributed by atoms with van der Waals surface area (Å²) in [5.41, 5.74) is 2.32. The molecule has 0 aliphatic rings. The van der Waals surface area contributed by atoms with E-state index < -0.39 is 6.04 Å². The Morgan fingerprint density at radius 1 is 0.912 bits per heavy atom. The smallest absolute Gasteiger partial charge is 0.248 e. The molecule has 0 spiro atoms. The lowest BCUT2D eigenvalue weighted by molar-refractivity contribution is -0.126. The van der Waals surface area contributed by atoms with Crippen LogP contribution < -0.4 is 15.0 Å². The molecule has 0 bridgehead atoms. The van der Waals surface area contributed by atoms with Crippen molar-refractivity contribution in [3.05, 3.63) is 118 Å². The molecule has 0 fully saturated rings. The molecule has 1 aromatic heterocycles. The van der Waals surface area contributed by atoms with E-state index in [2.05, 4.69) is 5.32 Å². The number of nitrogens with zero attached hydrogens (tertiary/aromatic N) is 1. The number of ether oxygens (including phenoxy) is 1. The highest BCUT2D eigenvalue weighted by molar-refractivity contribution is 7.10. The molecule has 4 rings (SSSR count). The second kappa shape index (κ2) is 11.3. The molecule has 0 radical (unpaired) electrons. The number of carbonyl (C=O) groups is 2. The van der Waals surface area contributed by atoms with Crippen LogP contribution in [0.4, 0.5) is 5.69 Å². The topological polar surface area (TPSA) is 58.6 Å². The Hall–Kier alpha value is -3.90. The predicted molar refractivity (Wildman–Crippen MR) is 136 cm³/mol. The third-order valence-electron chi connectivity index (χ3n) is 5.44. The highest BCUT2D eigenvalue weighted by Crippen LogP contribution is 2.31. The van der Waals surface area contributed by atoms with Crippen molar-refractivity contribution in [2.24, 2.45) is 0 Å². The molecule has 172 valence electrons. The van der Waals surface area contributed by atoms with Gasteiger partial charge in [-0.25, -0.2) is 0 Å². The highest BCUT2D eigenvalue weighted by atomic mass is 32.1. The fourth-order valence-electron chi connectivity index (χ4n) is 3.78. The van der Waals surface area contributed by atoms with Crippen LogP contribution in [0.25, 0.3) is 0 Å². The quantitative estimate of drug-likeness (QED) is 0.357. The zero-order valence-electron chi connectivity index (χ0n) is 18.9. The van der Waals surface area contributed by atoms with Gasteiger partial charge in [-0.1, -0.05) is 72.8 Å². The maximum absolute atomic E-state index is 13.7. The fraction of sp³-hybridized carbons (Fsp3) is 0.143. The van der Waals surface area contributed by atoms with Gasteiger partial charge in [0, 0.05) is 23.2 Å². The second-order valence-corrected chi connectivity index (χ2v) is 8.77. The highest BCUT2D eigenvalue weighted by Gasteiger charge is 2.33. The summed E-state index contributed by atoms with van der Waals surface area (Å²) in [7, 11) is 1.58. The lowest BCUT2D eigenvalue weighted by Crippen LogP contribution is -2.44. The van der Waals surface area contributed by atoms with Crippen LogP contribution in [0, 0.1) is 0 Å². The lowest BCUT2D eigenvalue weighted by atomic mass is 10.0. The Bertz CT molecular complexity index is 1210. The summed E-state index contributed by atoms with van der Waals surface area (Å²) in [6, 6.07) is 29.4. The number of amides is 2. The van der Waals surface area contributed by atoms with Crippen LogP contribution in [0.15, 0.2) is 102 Å². The zero-order valence-corrected chi connectivity index (χ0v) is 19.7. The first-order chi connectivity index (χ1) is 16.7. The molecule has 2 amide bonds. The number of hydrogen-bond donors (Lipinski definition) is 1. The zero-order chi connectivity index (χ0) is 23.8. The van der Waals surface area contributed by atoms with E-state index >= 15 is 0 Å². The Labute approximate surface area is 203 Å². The van der Waals surface area contributed by atoms with Gasteiger partial charge >= 0.3 is 0 Å². The van der Waals surface area contributed by atoms with E-state index in [0.717, 1.165) is 16.0 Å². The number of rotatable bonds is 9. The van der Waals surface area contributed by atoms with E-state index in [1.807, 2.05) is 96.4 Å². The van der Waals surface area contributed by atoms with Crippen molar-refractivity contribution < 1.29 is 14.3 Å². The lowest BCUT2D eigenvalue weighted by Gasteiger charge is -2.32. The molecule has 0 saturated heterocycles. The minimum absolute atomic E-state index is 0.167. The third-order valence-corrected chi connectivity index (χ3v) is 6.31. The van der Waals surface area contributed by atoms with Crippen LogP contribution >= 0.6 is 11.3 Å². The van der Waals surface area contributed by atoms with Crippen molar-refractivity contribution in [2.75, 3.05) is 12.0 Å².